The van der Waals surface area contributed by atoms with E-state index in [9.17, 15) is 19.7 Å². The number of aryl methyl sites for hydroxylation is 1. The number of fused-ring (bicyclic) bond motifs is 1. The number of anilines is 1. The molecule has 26 heavy (non-hydrogen) atoms. The van der Waals surface area contributed by atoms with Crippen molar-refractivity contribution in [2.45, 2.75) is 13.5 Å². The Morgan fingerprint density at radius 3 is 2.58 bits per heavy atom. The average molecular weight is 352 g/mol. The number of nitro benzene ring substituents is 1. The highest BCUT2D eigenvalue weighted by Gasteiger charge is 2.15. The molecule has 0 bridgehead atoms. The number of nitro groups is 1. The number of hydrogen-bond acceptors (Lipinski definition) is 5. The van der Waals surface area contributed by atoms with Crippen LogP contribution in [0.4, 0.5) is 11.4 Å². The number of nitrogens with zero attached hydrogens (tertiary/aromatic N) is 4. The molecule has 1 aromatic heterocycles. The highest BCUT2D eigenvalue weighted by molar-refractivity contribution is 5.92. The quantitative estimate of drug-likeness (QED) is 0.530. The first-order valence-electron chi connectivity index (χ1n) is 7.83. The molecule has 8 nitrogen and oxygen atoms in total. The molecule has 3 aromatic rings. The molecule has 1 amide bonds. The molecule has 0 unspecified atom stereocenters. The molecular formula is C18H16N4O4. The van der Waals surface area contributed by atoms with E-state index in [-0.39, 0.29) is 23.7 Å². The summed E-state index contributed by atoms with van der Waals surface area (Å²) in [5.41, 5.74) is 1.67. The minimum atomic E-state index is -0.506. The van der Waals surface area contributed by atoms with Crippen LogP contribution in [0.25, 0.3) is 10.9 Å². The fraction of sp³-hybridized carbons (Fsp3) is 0.167. The summed E-state index contributed by atoms with van der Waals surface area (Å²) in [6, 6.07) is 11.0. The van der Waals surface area contributed by atoms with Crippen LogP contribution in [0.3, 0.4) is 0 Å². The minimum absolute atomic E-state index is 0.0556. The first-order chi connectivity index (χ1) is 12.4. The number of non-ortho nitro benzene ring substituents is 1. The van der Waals surface area contributed by atoms with Gasteiger partial charge in [0.15, 0.2) is 0 Å². The van der Waals surface area contributed by atoms with Crippen LogP contribution in [0.15, 0.2) is 53.6 Å². The second-order valence-corrected chi connectivity index (χ2v) is 5.92. The van der Waals surface area contributed by atoms with E-state index in [1.54, 1.807) is 19.2 Å². The Hall–Kier alpha value is -3.55. The van der Waals surface area contributed by atoms with Gasteiger partial charge in [0, 0.05) is 24.9 Å². The Bertz CT molecular complexity index is 1060. The van der Waals surface area contributed by atoms with Gasteiger partial charge < -0.3 is 4.90 Å². The van der Waals surface area contributed by atoms with E-state index in [2.05, 4.69) is 4.98 Å². The third kappa shape index (κ3) is 3.30. The predicted octanol–water partition coefficient (Wildman–Crippen LogP) is 2.28. The molecule has 8 heteroatoms. The van der Waals surface area contributed by atoms with Gasteiger partial charge in [-0.2, -0.15) is 0 Å². The van der Waals surface area contributed by atoms with Gasteiger partial charge in [-0.3, -0.25) is 24.3 Å². The van der Waals surface area contributed by atoms with Crippen molar-refractivity contribution < 1.29 is 9.72 Å². The summed E-state index contributed by atoms with van der Waals surface area (Å²) in [7, 11) is 1.55. The summed E-state index contributed by atoms with van der Waals surface area (Å²) in [6.07, 6.45) is 1.35. The Labute approximate surface area is 148 Å². The zero-order valence-corrected chi connectivity index (χ0v) is 14.2. The Morgan fingerprint density at radius 2 is 1.92 bits per heavy atom. The van der Waals surface area contributed by atoms with Gasteiger partial charge in [-0.1, -0.05) is 11.6 Å². The minimum Gasteiger partial charge on any atom is -0.314 e. The maximum absolute atomic E-state index is 12.6. The summed E-state index contributed by atoms with van der Waals surface area (Å²) >= 11 is 0. The largest absolute Gasteiger partial charge is 0.314 e. The standard InChI is InChI=1S/C18H16N4O4/c1-12-3-8-16-15(9-12)18(24)21(11-19-16)10-17(23)20(2)13-4-6-14(7-5-13)22(25)26/h3-9,11H,10H2,1-2H3. The molecule has 2 aromatic carbocycles. The molecule has 0 fully saturated rings. The van der Waals surface area contributed by atoms with Crippen molar-refractivity contribution in [1.29, 1.82) is 0 Å². The molecule has 3 rings (SSSR count). The molecule has 0 aliphatic rings. The molecule has 132 valence electrons. The van der Waals surface area contributed by atoms with Crippen molar-refractivity contribution in [2.24, 2.45) is 0 Å². The van der Waals surface area contributed by atoms with Gasteiger partial charge in [-0.25, -0.2) is 4.98 Å². The first kappa shape index (κ1) is 17.3. The molecule has 0 saturated heterocycles. The molecule has 0 atom stereocenters. The van der Waals surface area contributed by atoms with Crippen molar-refractivity contribution in [3.63, 3.8) is 0 Å². The second kappa shape index (κ2) is 6.75. The third-order valence-electron chi connectivity index (χ3n) is 4.11. The molecule has 0 radical (unpaired) electrons. The Kier molecular flexibility index (Phi) is 4.49. The van der Waals surface area contributed by atoms with Crippen LogP contribution >= 0.6 is 0 Å². The molecule has 0 aliphatic carbocycles. The van der Waals surface area contributed by atoms with Gasteiger partial charge >= 0.3 is 0 Å². The lowest BCUT2D eigenvalue weighted by atomic mass is 10.2. The number of hydrogen-bond donors (Lipinski definition) is 0. The van der Waals surface area contributed by atoms with Crippen LogP contribution < -0.4 is 10.5 Å². The lowest BCUT2D eigenvalue weighted by Crippen LogP contribution is -2.34. The lowest BCUT2D eigenvalue weighted by Gasteiger charge is -2.18. The number of carbonyl (C=O) groups excluding carboxylic acids is 1. The van der Waals surface area contributed by atoms with Crippen molar-refractivity contribution in [3.05, 3.63) is 74.8 Å². The third-order valence-corrected chi connectivity index (χ3v) is 4.11. The van der Waals surface area contributed by atoms with Crippen LogP contribution in [-0.2, 0) is 11.3 Å². The van der Waals surface area contributed by atoms with Crippen LogP contribution in [0, 0.1) is 17.0 Å². The predicted molar refractivity (Wildman–Crippen MR) is 97.2 cm³/mol. The van der Waals surface area contributed by atoms with E-state index >= 15 is 0 Å². The Balaban J connectivity index is 1.85. The maximum Gasteiger partial charge on any atom is 0.269 e. The highest BCUT2D eigenvalue weighted by atomic mass is 16.6. The number of likely N-dealkylation sites (N-methyl/N-ethyl adjacent to an activating group) is 1. The van der Waals surface area contributed by atoms with E-state index in [4.69, 9.17) is 0 Å². The van der Waals surface area contributed by atoms with Crippen molar-refractivity contribution in [2.75, 3.05) is 11.9 Å². The second-order valence-electron chi connectivity index (χ2n) is 5.92. The maximum atomic E-state index is 12.6. The molecule has 0 saturated carbocycles. The number of rotatable bonds is 4. The lowest BCUT2D eigenvalue weighted by molar-refractivity contribution is -0.384. The summed E-state index contributed by atoms with van der Waals surface area (Å²) < 4.78 is 1.26. The zero-order valence-electron chi connectivity index (χ0n) is 14.2. The number of aromatic nitrogens is 2. The molecule has 0 aliphatic heterocycles. The normalized spacial score (nSPS) is 10.7. The average Bonchev–Trinajstić information content (AvgIpc) is 2.63. The molecule has 1 heterocycles. The number of carbonyl (C=O) groups is 1. The van der Waals surface area contributed by atoms with Gasteiger partial charge in [-0.15, -0.1) is 0 Å². The molecule has 0 N–H and O–H groups in total. The summed E-state index contributed by atoms with van der Waals surface area (Å²) in [6.45, 7) is 1.70. The van der Waals surface area contributed by atoms with Crippen LogP contribution in [0.2, 0.25) is 0 Å². The molecule has 0 spiro atoms. The fourth-order valence-electron chi connectivity index (χ4n) is 2.58. The van der Waals surface area contributed by atoms with Gasteiger partial charge in [0.25, 0.3) is 11.2 Å². The topological polar surface area (TPSA) is 98.3 Å². The van der Waals surface area contributed by atoms with Crippen LogP contribution in [0.5, 0.6) is 0 Å². The van der Waals surface area contributed by atoms with E-state index in [0.29, 0.717) is 16.6 Å². The summed E-state index contributed by atoms with van der Waals surface area (Å²) in [4.78, 5) is 40.8. The molecular weight excluding hydrogens is 336 g/mol. The van der Waals surface area contributed by atoms with Crippen molar-refractivity contribution in [1.82, 2.24) is 9.55 Å². The smallest absolute Gasteiger partial charge is 0.269 e. The van der Waals surface area contributed by atoms with Gasteiger partial charge in [0.1, 0.15) is 6.54 Å². The Morgan fingerprint density at radius 1 is 1.23 bits per heavy atom. The SMILES string of the molecule is Cc1ccc2ncn(CC(=O)N(C)c3ccc([N+](=O)[O-])cc3)c(=O)c2c1. The highest BCUT2D eigenvalue weighted by Crippen LogP contribution is 2.18. The van der Waals surface area contributed by atoms with Gasteiger partial charge in [0.2, 0.25) is 5.91 Å². The van der Waals surface area contributed by atoms with Crippen molar-refractivity contribution >= 4 is 28.2 Å². The summed E-state index contributed by atoms with van der Waals surface area (Å²) in [5, 5.41) is 11.2. The van der Waals surface area contributed by atoms with E-state index in [0.717, 1.165) is 5.56 Å². The zero-order chi connectivity index (χ0) is 18.8. The van der Waals surface area contributed by atoms with Crippen LogP contribution in [-0.4, -0.2) is 27.4 Å². The van der Waals surface area contributed by atoms with Gasteiger partial charge in [0.05, 0.1) is 22.2 Å². The van der Waals surface area contributed by atoms with Crippen LogP contribution in [0.1, 0.15) is 5.56 Å². The summed E-state index contributed by atoms with van der Waals surface area (Å²) in [5.74, 6) is -0.338. The van der Waals surface area contributed by atoms with Gasteiger partial charge in [-0.05, 0) is 31.2 Å². The number of benzene rings is 2. The number of amides is 1. The monoisotopic (exact) mass is 352 g/mol. The van der Waals surface area contributed by atoms with E-state index in [1.165, 1.54) is 40.1 Å². The fourth-order valence-corrected chi connectivity index (χ4v) is 2.58. The van der Waals surface area contributed by atoms with E-state index < -0.39 is 4.92 Å². The first-order valence-corrected chi connectivity index (χ1v) is 7.83. The van der Waals surface area contributed by atoms with E-state index in [1.807, 2.05) is 13.0 Å². The van der Waals surface area contributed by atoms with Crippen molar-refractivity contribution in [3.8, 4) is 0 Å².